The summed E-state index contributed by atoms with van der Waals surface area (Å²) < 4.78 is 42.8. The van der Waals surface area contributed by atoms with Gasteiger partial charge in [0.1, 0.15) is 5.75 Å². The predicted molar refractivity (Wildman–Crippen MR) is 69.0 cm³/mol. The van der Waals surface area contributed by atoms with E-state index in [2.05, 4.69) is 5.10 Å². The highest BCUT2D eigenvalue weighted by Crippen LogP contribution is 2.18. The molecule has 112 valence electrons. The molecule has 1 aromatic carbocycles. The van der Waals surface area contributed by atoms with E-state index in [1.807, 2.05) is 6.07 Å². The Morgan fingerprint density at radius 1 is 1.43 bits per heavy atom. The molecule has 0 aliphatic heterocycles. The Hall–Kier alpha value is -2.51. The predicted octanol–water partition coefficient (Wildman–Crippen LogP) is 2.44. The number of benzene rings is 1. The Labute approximate surface area is 118 Å². The van der Waals surface area contributed by atoms with Crippen molar-refractivity contribution < 1.29 is 22.7 Å². The van der Waals surface area contributed by atoms with Crippen molar-refractivity contribution >= 4 is 11.6 Å². The SMILES string of the molecule is COc1cccc(Cn2cc(NC(=O)C(F)(F)F)cn2)c1. The van der Waals surface area contributed by atoms with Gasteiger partial charge >= 0.3 is 12.1 Å². The minimum atomic E-state index is -4.92. The second-order valence-corrected chi connectivity index (χ2v) is 4.23. The first-order chi connectivity index (χ1) is 9.88. The molecule has 0 saturated carbocycles. The molecule has 2 rings (SSSR count). The van der Waals surface area contributed by atoms with Crippen molar-refractivity contribution in [3.05, 3.63) is 42.2 Å². The van der Waals surface area contributed by atoms with Gasteiger partial charge in [-0.1, -0.05) is 12.1 Å². The van der Waals surface area contributed by atoms with E-state index in [1.54, 1.807) is 23.5 Å². The number of hydrogen-bond donors (Lipinski definition) is 1. The Morgan fingerprint density at radius 2 is 2.19 bits per heavy atom. The molecule has 21 heavy (non-hydrogen) atoms. The molecule has 1 heterocycles. The number of nitrogens with zero attached hydrogens (tertiary/aromatic N) is 2. The molecular weight excluding hydrogens is 287 g/mol. The van der Waals surface area contributed by atoms with E-state index in [0.29, 0.717) is 12.3 Å². The largest absolute Gasteiger partial charge is 0.497 e. The molecule has 0 aliphatic carbocycles. The molecule has 2 aromatic rings. The summed E-state index contributed by atoms with van der Waals surface area (Å²) in [6.07, 6.45) is -2.44. The van der Waals surface area contributed by atoms with Gasteiger partial charge in [0.05, 0.1) is 25.5 Å². The number of aromatic nitrogens is 2. The van der Waals surface area contributed by atoms with Crippen LogP contribution in [-0.4, -0.2) is 29.0 Å². The van der Waals surface area contributed by atoms with Gasteiger partial charge in [-0.15, -0.1) is 0 Å². The van der Waals surface area contributed by atoms with Crippen LogP contribution in [-0.2, 0) is 11.3 Å². The zero-order valence-corrected chi connectivity index (χ0v) is 11.0. The number of carbonyl (C=O) groups excluding carboxylic acids is 1. The summed E-state index contributed by atoms with van der Waals surface area (Å²) in [5, 5.41) is 5.63. The maximum atomic E-state index is 12.1. The van der Waals surface area contributed by atoms with Crippen LogP contribution in [0.5, 0.6) is 5.75 Å². The van der Waals surface area contributed by atoms with Crippen molar-refractivity contribution in [2.75, 3.05) is 12.4 Å². The van der Waals surface area contributed by atoms with E-state index in [0.717, 1.165) is 11.8 Å². The molecule has 1 N–H and O–H groups in total. The molecular formula is C13H12F3N3O2. The Morgan fingerprint density at radius 3 is 2.86 bits per heavy atom. The first-order valence-electron chi connectivity index (χ1n) is 5.92. The van der Waals surface area contributed by atoms with E-state index < -0.39 is 12.1 Å². The molecule has 1 aromatic heterocycles. The number of methoxy groups -OCH3 is 1. The topological polar surface area (TPSA) is 56.1 Å². The molecule has 1 amide bonds. The third-order valence-corrected chi connectivity index (χ3v) is 2.63. The fraction of sp³-hybridized carbons (Fsp3) is 0.231. The fourth-order valence-electron chi connectivity index (χ4n) is 1.67. The van der Waals surface area contributed by atoms with Crippen LogP contribution in [0.25, 0.3) is 0 Å². The quantitative estimate of drug-likeness (QED) is 0.943. The Kier molecular flexibility index (Phi) is 4.15. The summed E-state index contributed by atoms with van der Waals surface area (Å²) in [5.41, 5.74) is 0.853. The number of carbonyl (C=O) groups is 1. The van der Waals surface area contributed by atoms with Gasteiger partial charge in [0.2, 0.25) is 0 Å². The smallest absolute Gasteiger partial charge is 0.471 e. The zero-order chi connectivity index (χ0) is 15.5. The molecule has 0 fully saturated rings. The van der Waals surface area contributed by atoms with Crippen molar-refractivity contribution in [2.24, 2.45) is 0 Å². The maximum absolute atomic E-state index is 12.1. The highest BCUT2D eigenvalue weighted by Gasteiger charge is 2.38. The van der Waals surface area contributed by atoms with Crippen molar-refractivity contribution in [3.63, 3.8) is 0 Å². The standard InChI is InChI=1S/C13H12F3N3O2/c1-21-11-4-2-3-9(5-11)7-19-8-10(6-17-19)18-12(20)13(14,15)16/h2-6,8H,7H2,1H3,(H,18,20). The zero-order valence-electron chi connectivity index (χ0n) is 11.0. The summed E-state index contributed by atoms with van der Waals surface area (Å²) in [5.74, 6) is -1.35. The first-order valence-corrected chi connectivity index (χ1v) is 5.92. The monoisotopic (exact) mass is 299 g/mol. The van der Waals surface area contributed by atoms with E-state index >= 15 is 0 Å². The van der Waals surface area contributed by atoms with Gasteiger partial charge in [0, 0.05) is 6.20 Å². The number of ether oxygens (including phenoxy) is 1. The molecule has 0 unspecified atom stereocenters. The highest BCUT2D eigenvalue weighted by atomic mass is 19.4. The Balaban J connectivity index is 2.04. The van der Waals surface area contributed by atoms with E-state index in [-0.39, 0.29) is 5.69 Å². The number of halogens is 3. The second-order valence-electron chi connectivity index (χ2n) is 4.23. The van der Waals surface area contributed by atoms with Crippen LogP contribution >= 0.6 is 0 Å². The molecule has 0 spiro atoms. The van der Waals surface area contributed by atoms with Gasteiger partial charge in [-0.2, -0.15) is 18.3 Å². The third kappa shape index (κ3) is 3.98. The van der Waals surface area contributed by atoms with Gasteiger partial charge in [-0.3, -0.25) is 9.48 Å². The summed E-state index contributed by atoms with van der Waals surface area (Å²) in [4.78, 5) is 10.8. The van der Waals surface area contributed by atoms with Crippen molar-refractivity contribution in [1.29, 1.82) is 0 Å². The third-order valence-electron chi connectivity index (χ3n) is 2.63. The van der Waals surface area contributed by atoms with E-state index in [4.69, 9.17) is 4.74 Å². The van der Waals surface area contributed by atoms with Crippen LogP contribution < -0.4 is 10.1 Å². The minimum absolute atomic E-state index is 0.0137. The number of anilines is 1. The number of amides is 1. The molecule has 8 heteroatoms. The lowest BCUT2D eigenvalue weighted by Crippen LogP contribution is -2.29. The molecule has 0 radical (unpaired) electrons. The van der Waals surface area contributed by atoms with Crippen molar-refractivity contribution in [3.8, 4) is 5.75 Å². The van der Waals surface area contributed by atoms with E-state index in [9.17, 15) is 18.0 Å². The molecule has 5 nitrogen and oxygen atoms in total. The van der Waals surface area contributed by atoms with Gasteiger partial charge in [-0.05, 0) is 17.7 Å². The number of alkyl halides is 3. The lowest BCUT2D eigenvalue weighted by atomic mass is 10.2. The molecule has 0 atom stereocenters. The van der Waals surface area contributed by atoms with Crippen LogP contribution in [0.4, 0.5) is 18.9 Å². The second kappa shape index (κ2) is 5.86. The molecule has 0 saturated heterocycles. The van der Waals surface area contributed by atoms with Crippen LogP contribution in [0.15, 0.2) is 36.7 Å². The summed E-state index contributed by atoms with van der Waals surface area (Å²) >= 11 is 0. The first kappa shape index (κ1) is 14.9. The maximum Gasteiger partial charge on any atom is 0.471 e. The van der Waals surface area contributed by atoms with Crippen molar-refractivity contribution in [2.45, 2.75) is 12.7 Å². The lowest BCUT2D eigenvalue weighted by molar-refractivity contribution is -0.167. The van der Waals surface area contributed by atoms with Gasteiger partial charge in [0.15, 0.2) is 0 Å². The minimum Gasteiger partial charge on any atom is -0.497 e. The lowest BCUT2D eigenvalue weighted by Gasteiger charge is -2.06. The molecule has 0 aliphatic rings. The van der Waals surface area contributed by atoms with Gasteiger partial charge in [0.25, 0.3) is 0 Å². The number of nitrogens with one attached hydrogen (secondary N) is 1. The van der Waals surface area contributed by atoms with Crippen LogP contribution in [0.1, 0.15) is 5.56 Å². The van der Waals surface area contributed by atoms with Crippen LogP contribution in [0.2, 0.25) is 0 Å². The summed E-state index contributed by atoms with van der Waals surface area (Å²) in [7, 11) is 1.54. The fourth-order valence-corrected chi connectivity index (χ4v) is 1.67. The average Bonchev–Trinajstić information content (AvgIpc) is 2.85. The summed E-state index contributed by atoms with van der Waals surface area (Å²) in [6, 6.07) is 7.19. The van der Waals surface area contributed by atoms with Crippen LogP contribution in [0, 0.1) is 0 Å². The van der Waals surface area contributed by atoms with Crippen LogP contribution in [0.3, 0.4) is 0 Å². The average molecular weight is 299 g/mol. The Bertz CT molecular complexity index is 638. The number of hydrogen-bond acceptors (Lipinski definition) is 3. The van der Waals surface area contributed by atoms with Gasteiger partial charge < -0.3 is 10.1 Å². The molecule has 0 bridgehead atoms. The van der Waals surface area contributed by atoms with E-state index in [1.165, 1.54) is 18.0 Å². The normalized spacial score (nSPS) is 11.2. The van der Waals surface area contributed by atoms with Gasteiger partial charge in [-0.25, -0.2) is 0 Å². The summed E-state index contributed by atoms with van der Waals surface area (Å²) in [6.45, 7) is 0.346. The highest BCUT2D eigenvalue weighted by molar-refractivity contribution is 5.94. The number of rotatable bonds is 4. The van der Waals surface area contributed by atoms with Crippen molar-refractivity contribution in [1.82, 2.24) is 9.78 Å².